The van der Waals surface area contributed by atoms with Crippen LogP contribution in [0.5, 0.6) is 5.75 Å². The van der Waals surface area contributed by atoms with E-state index in [2.05, 4.69) is 4.40 Å². The van der Waals surface area contributed by atoms with Gasteiger partial charge in [-0.15, -0.1) is 0 Å². The lowest BCUT2D eigenvalue weighted by molar-refractivity contribution is 0.414. The summed E-state index contributed by atoms with van der Waals surface area (Å²) in [6, 6.07) is 7.94. The lowest BCUT2D eigenvalue weighted by Crippen LogP contribution is -2.23. The van der Waals surface area contributed by atoms with Gasteiger partial charge in [-0.1, -0.05) is 25.0 Å². The number of ether oxygens (including phenoxy) is 1. The molecule has 0 radical (unpaired) electrons. The second kappa shape index (κ2) is 6.73. The summed E-state index contributed by atoms with van der Waals surface area (Å²) < 4.78 is 22.0. The third-order valence-electron chi connectivity index (χ3n) is 3.81. The molecule has 1 aromatic carbocycles. The highest BCUT2D eigenvalue weighted by Gasteiger charge is 2.26. The summed E-state index contributed by atoms with van der Waals surface area (Å²) in [6.45, 7) is 5.89. The molecular formula is C17H25NO2S. The molecule has 1 saturated carbocycles. The summed E-state index contributed by atoms with van der Waals surface area (Å²) in [7, 11) is 0.440. The van der Waals surface area contributed by atoms with Gasteiger partial charge in [0.25, 0.3) is 0 Å². The predicted molar refractivity (Wildman–Crippen MR) is 89.4 cm³/mol. The predicted octanol–water partition coefficient (Wildman–Crippen LogP) is 4.14. The number of rotatable bonds is 4. The fraction of sp³-hybridized carbons (Fsp3) is 0.588. The maximum absolute atomic E-state index is 12.5. The van der Waals surface area contributed by atoms with E-state index in [0.717, 1.165) is 29.9 Å². The molecule has 0 amide bonds. The fourth-order valence-corrected chi connectivity index (χ4v) is 3.28. The summed E-state index contributed by atoms with van der Waals surface area (Å²) in [5, 5.41) is 0. The van der Waals surface area contributed by atoms with Gasteiger partial charge in [-0.25, -0.2) is 4.21 Å². The zero-order valence-electron chi connectivity index (χ0n) is 13.4. The standard InChI is InChI=1S/C17H25NO2S/c1-17(2,3)21(19)18-16(13-8-5-6-9-13)14-10-7-11-15(12-14)20-4/h7,10-13H,5-6,8-9H2,1-4H3/b18-16+. The first kappa shape index (κ1) is 16.2. The highest BCUT2D eigenvalue weighted by molar-refractivity contribution is 7.85. The van der Waals surface area contributed by atoms with Crippen molar-refractivity contribution in [2.24, 2.45) is 10.3 Å². The Hall–Kier alpha value is -1.16. The molecule has 1 unspecified atom stereocenters. The van der Waals surface area contributed by atoms with Gasteiger partial charge < -0.3 is 4.74 Å². The maximum Gasteiger partial charge on any atom is 0.145 e. The Bertz CT molecular complexity index is 540. The average molecular weight is 307 g/mol. The first-order valence-electron chi connectivity index (χ1n) is 7.57. The number of hydrogen-bond acceptors (Lipinski definition) is 2. The molecule has 2 rings (SSSR count). The third kappa shape index (κ3) is 4.16. The van der Waals surface area contributed by atoms with E-state index in [1.54, 1.807) is 7.11 Å². The van der Waals surface area contributed by atoms with Crippen molar-refractivity contribution in [3.63, 3.8) is 0 Å². The quantitative estimate of drug-likeness (QED) is 0.784. The molecule has 116 valence electrons. The van der Waals surface area contributed by atoms with Crippen LogP contribution in [0, 0.1) is 5.92 Å². The lowest BCUT2D eigenvalue weighted by atomic mass is 9.95. The topological polar surface area (TPSA) is 38.7 Å². The van der Waals surface area contributed by atoms with E-state index in [-0.39, 0.29) is 4.75 Å². The van der Waals surface area contributed by atoms with E-state index in [1.807, 2.05) is 45.0 Å². The van der Waals surface area contributed by atoms with Crippen LogP contribution in [-0.4, -0.2) is 21.8 Å². The van der Waals surface area contributed by atoms with Crippen molar-refractivity contribution < 1.29 is 8.95 Å². The Morgan fingerprint density at radius 2 is 1.95 bits per heavy atom. The SMILES string of the molecule is COc1cccc(/C(=N/S(=O)C(C)(C)C)C2CCCC2)c1. The Morgan fingerprint density at radius 1 is 1.29 bits per heavy atom. The van der Waals surface area contributed by atoms with Gasteiger partial charge in [-0.05, 0) is 45.7 Å². The van der Waals surface area contributed by atoms with Crippen molar-refractivity contribution in [1.82, 2.24) is 0 Å². The van der Waals surface area contributed by atoms with Crippen molar-refractivity contribution in [3.05, 3.63) is 29.8 Å². The summed E-state index contributed by atoms with van der Waals surface area (Å²) in [5.41, 5.74) is 2.03. The first-order valence-corrected chi connectivity index (χ1v) is 8.67. The van der Waals surface area contributed by atoms with Crippen LogP contribution in [0.15, 0.2) is 28.7 Å². The molecule has 1 aliphatic rings. The van der Waals surface area contributed by atoms with Crippen molar-refractivity contribution in [1.29, 1.82) is 0 Å². The summed E-state index contributed by atoms with van der Waals surface area (Å²) in [4.78, 5) is 0. The van der Waals surface area contributed by atoms with Crippen molar-refractivity contribution >= 4 is 16.7 Å². The third-order valence-corrected chi connectivity index (χ3v) is 5.22. The molecule has 0 bridgehead atoms. The van der Waals surface area contributed by atoms with Gasteiger partial charge in [0.2, 0.25) is 0 Å². The van der Waals surface area contributed by atoms with Crippen molar-refractivity contribution in [2.75, 3.05) is 7.11 Å². The zero-order valence-corrected chi connectivity index (χ0v) is 14.2. The minimum Gasteiger partial charge on any atom is -0.497 e. The van der Waals surface area contributed by atoms with Gasteiger partial charge >= 0.3 is 0 Å². The number of benzene rings is 1. The lowest BCUT2D eigenvalue weighted by Gasteiger charge is -2.18. The average Bonchev–Trinajstić information content (AvgIpc) is 2.97. The number of hydrogen-bond donors (Lipinski definition) is 0. The zero-order chi connectivity index (χ0) is 15.5. The van der Waals surface area contributed by atoms with Crippen molar-refractivity contribution in [2.45, 2.75) is 51.2 Å². The highest BCUT2D eigenvalue weighted by atomic mass is 32.2. The minimum atomic E-state index is -1.23. The molecular weight excluding hydrogens is 282 g/mol. The minimum absolute atomic E-state index is 0.331. The molecule has 0 heterocycles. The van der Waals surface area contributed by atoms with Crippen LogP contribution in [0.1, 0.15) is 52.0 Å². The van der Waals surface area contributed by atoms with Crippen LogP contribution in [0.2, 0.25) is 0 Å². The molecule has 1 aliphatic carbocycles. The van der Waals surface area contributed by atoms with E-state index in [9.17, 15) is 4.21 Å². The monoisotopic (exact) mass is 307 g/mol. The molecule has 3 nitrogen and oxygen atoms in total. The van der Waals surface area contributed by atoms with E-state index in [4.69, 9.17) is 4.74 Å². The molecule has 21 heavy (non-hydrogen) atoms. The normalized spacial score (nSPS) is 18.8. The van der Waals surface area contributed by atoms with Crippen LogP contribution in [0.25, 0.3) is 0 Å². The van der Waals surface area contributed by atoms with E-state index < -0.39 is 11.0 Å². The van der Waals surface area contributed by atoms with Gasteiger partial charge in [0, 0.05) is 11.5 Å². The summed E-state index contributed by atoms with van der Waals surface area (Å²) >= 11 is 0. The second-order valence-electron chi connectivity index (χ2n) is 6.55. The van der Waals surface area contributed by atoms with Crippen LogP contribution in [-0.2, 0) is 11.0 Å². The van der Waals surface area contributed by atoms with Crippen LogP contribution < -0.4 is 4.74 Å². The van der Waals surface area contributed by atoms with Gasteiger partial charge in [0.05, 0.1) is 17.6 Å². The molecule has 1 atom stereocenters. The Kier molecular flexibility index (Phi) is 5.20. The van der Waals surface area contributed by atoms with E-state index in [0.29, 0.717) is 5.92 Å². The molecule has 0 spiro atoms. The molecule has 0 aliphatic heterocycles. The Morgan fingerprint density at radius 3 is 2.52 bits per heavy atom. The number of methoxy groups -OCH3 is 1. The smallest absolute Gasteiger partial charge is 0.145 e. The van der Waals surface area contributed by atoms with Gasteiger partial charge in [0.1, 0.15) is 16.7 Å². The highest BCUT2D eigenvalue weighted by Crippen LogP contribution is 2.30. The van der Waals surface area contributed by atoms with E-state index in [1.165, 1.54) is 12.8 Å². The van der Waals surface area contributed by atoms with Gasteiger partial charge in [0.15, 0.2) is 0 Å². The molecule has 4 heteroatoms. The molecule has 1 fully saturated rings. The Balaban J connectivity index is 2.40. The van der Waals surface area contributed by atoms with Gasteiger partial charge in [-0.3, -0.25) is 0 Å². The molecule has 0 saturated heterocycles. The number of nitrogens with zero attached hydrogens (tertiary/aromatic N) is 1. The van der Waals surface area contributed by atoms with Crippen LogP contribution in [0.4, 0.5) is 0 Å². The summed E-state index contributed by atoms with van der Waals surface area (Å²) in [6.07, 6.45) is 4.74. The molecule has 0 aromatic heterocycles. The Labute approximate surface area is 130 Å². The summed E-state index contributed by atoms with van der Waals surface area (Å²) in [5.74, 6) is 1.24. The van der Waals surface area contributed by atoms with E-state index >= 15 is 0 Å². The largest absolute Gasteiger partial charge is 0.497 e. The fourth-order valence-electron chi connectivity index (χ4n) is 2.57. The van der Waals surface area contributed by atoms with Crippen molar-refractivity contribution in [3.8, 4) is 5.75 Å². The molecule has 1 aromatic rings. The van der Waals surface area contributed by atoms with Crippen LogP contribution >= 0.6 is 0 Å². The first-order chi connectivity index (χ1) is 9.91. The second-order valence-corrected chi connectivity index (χ2v) is 8.46. The van der Waals surface area contributed by atoms with Crippen LogP contribution in [0.3, 0.4) is 0 Å². The van der Waals surface area contributed by atoms with Gasteiger partial charge in [-0.2, -0.15) is 4.40 Å². The molecule has 0 N–H and O–H groups in total. The maximum atomic E-state index is 12.5.